The third kappa shape index (κ3) is 15.7. The minimum absolute atomic E-state index is 0.00213. The maximum Gasteiger partial charge on any atom is 0.221 e. The number of ketones is 1. The average molecular weight is 1500 g/mol. The molecule has 540 valence electrons. The van der Waals surface area contributed by atoms with Gasteiger partial charge in [0.25, 0.3) is 0 Å². The third-order valence-electron chi connectivity index (χ3n) is 20.3. The molecule has 6 fully saturated rings. The number of nitriles is 5. The normalized spacial score (nSPS) is 27.2. The Kier molecular flexibility index (Phi) is 23.1. The number of rotatable bonds is 11. The smallest absolute Gasteiger partial charge is 0.221 e. The Morgan fingerprint density at radius 1 is 0.480 bits per heavy atom. The minimum atomic E-state index is -3.79. The molecule has 1 saturated heterocycles. The maximum atomic E-state index is 15.0. The number of benzene rings is 6. The Morgan fingerprint density at radius 3 is 1.12 bits per heavy atom. The molecule has 5 aliphatic carbocycles. The van der Waals surface area contributed by atoms with Crippen LogP contribution in [-0.4, -0.2) is 76.7 Å². The SMILES string of the molecule is CC1(O)CC(C#N)(c2cc(F)c(CBr)cc2F)C1.COC1(OC)CC(C#N)(c2cc(F)c(C)cc2F)C1.C[C@H]1CC[C@H](c2ccccc2)S(=O)(=O)N1Cc1cc(F)c(C2(C#N)CC(C)(O)C2)cc1F.Cc1cc(F)c(C2(C#N)CC(=O)C2)cc1F.Cc1cc(F)c(C2(C#N)CC(C)(O)C2)cc1F. The van der Waals surface area contributed by atoms with E-state index >= 15 is 8.78 Å². The van der Waals surface area contributed by atoms with Crippen molar-refractivity contribution >= 4 is 31.7 Å². The van der Waals surface area contributed by atoms with Gasteiger partial charge >= 0.3 is 0 Å². The van der Waals surface area contributed by atoms with Crippen LogP contribution in [0.4, 0.5) is 43.9 Å². The van der Waals surface area contributed by atoms with Crippen LogP contribution in [0.15, 0.2) is 91.0 Å². The van der Waals surface area contributed by atoms with E-state index in [4.69, 9.17) is 20.0 Å². The van der Waals surface area contributed by atoms with E-state index < -0.39 is 123 Å². The summed E-state index contributed by atoms with van der Waals surface area (Å²) in [7, 11) is -0.849. The molecule has 3 N–H and O–H groups in total. The molecule has 1 heterocycles. The zero-order chi connectivity index (χ0) is 75.9. The number of sulfonamides is 1. The van der Waals surface area contributed by atoms with Crippen molar-refractivity contribution in [1.29, 1.82) is 26.3 Å². The van der Waals surface area contributed by atoms with Crippen LogP contribution >= 0.6 is 15.9 Å². The van der Waals surface area contributed by atoms with E-state index in [1.807, 2.05) is 30.3 Å². The number of aryl methyl sites for hydroxylation is 3. The van der Waals surface area contributed by atoms with E-state index in [2.05, 4.69) is 22.0 Å². The van der Waals surface area contributed by atoms with Crippen LogP contribution in [0.3, 0.4) is 0 Å². The first kappa shape index (κ1) is 79.6. The highest BCUT2D eigenvalue weighted by molar-refractivity contribution is 9.08. The van der Waals surface area contributed by atoms with Crippen molar-refractivity contribution in [2.24, 2.45) is 0 Å². The van der Waals surface area contributed by atoms with Gasteiger partial charge in [-0.15, -0.1) is 0 Å². The molecule has 5 saturated carbocycles. The van der Waals surface area contributed by atoms with Crippen molar-refractivity contribution in [2.75, 3.05) is 14.2 Å². The number of carbonyl (C=O) groups excluding carboxylic acids is 1. The highest BCUT2D eigenvalue weighted by atomic mass is 79.9. The summed E-state index contributed by atoms with van der Waals surface area (Å²) in [6.45, 7) is 10.6. The van der Waals surface area contributed by atoms with Crippen molar-refractivity contribution in [3.05, 3.63) is 210 Å². The molecule has 0 aromatic heterocycles. The van der Waals surface area contributed by atoms with Crippen molar-refractivity contribution in [3.8, 4) is 30.3 Å². The highest BCUT2D eigenvalue weighted by Crippen LogP contribution is 2.55. The molecule has 6 aliphatic rings. The minimum Gasteiger partial charge on any atom is -0.390 e. The standard InChI is InChI=1S/C24H26F2N2O3S.C14H15F2NO2.C13H12BrF2NO.C13H13F2NO.C12H9F2NO/c1-16-8-9-22(17-6-4-3-5-7-17)32(30,31)28(16)12-18-10-21(26)19(11-20(18)25)24(15-27)13-23(2,29)14-24;1-9-4-12(16)10(5-11(9)15)13(8-17)6-14(7-13,18-2)19-3;1-12(18)5-13(6-12,7-17)9-3-10(15)8(4-14)2-11(9)16;1-8-3-11(15)9(4-10(8)14)13(7-16)5-12(2,17)6-13;1-7-2-11(14)9(3-10(7)13)12(6-15)4-8(16)5-12/h3-7,10-11,16,22,29H,8-9,12-14H2,1-2H3;4-5H,6-7H2,1-3H3;2-3,18H,4-6H2,1H3;3-4,17H,5-6H2,1-2H3;2-3H,4-5H2,1H3/t16-,22+,23?,24?;;;;/m0..../s1. The summed E-state index contributed by atoms with van der Waals surface area (Å²) in [5, 5.41) is 75.2. The van der Waals surface area contributed by atoms with Crippen molar-refractivity contribution in [1.82, 2.24) is 4.31 Å². The lowest BCUT2D eigenvalue weighted by Crippen LogP contribution is -2.56. The predicted molar refractivity (Wildman–Crippen MR) is 357 cm³/mol. The first-order valence-corrected chi connectivity index (χ1v) is 35.0. The fraction of sp³-hybridized carbons (Fsp3) is 0.447. The van der Waals surface area contributed by atoms with Gasteiger partial charge in [-0.3, -0.25) is 4.79 Å². The summed E-state index contributed by atoms with van der Waals surface area (Å²) in [5.41, 5.74) is -7.26. The van der Waals surface area contributed by atoms with E-state index in [0.29, 0.717) is 18.4 Å². The van der Waals surface area contributed by atoms with Gasteiger partial charge in [0, 0.05) is 96.8 Å². The number of nitrogens with zero attached hydrogens (tertiary/aromatic N) is 6. The quantitative estimate of drug-likeness (QED) is 0.0621. The van der Waals surface area contributed by atoms with Gasteiger partial charge in [-0.05, 0) is 183 Å². The van der Waals surface area contributed by atoms with Crippen LogP contribution in [-0.2, 0) is 63.2 Å². The topological polar surface area (TPSA) is 253 Å². The fourth-order valence-electron chi connectivity index (χ4n) is 14.9. The van der Waals surface area contributed by atoms with Gasteiger partial charge in [0.15, 0.2) is 5.79 Å². The van der Waals surface area contributed by atoms with Gasteiger partial charge in [-0.25, -0.2) is 52.3 Å². The van der Waals surface area contributed by atoms with Gasteiger partial charge in [0.2, 0.25) is 10.0 Å². The summed E-state index contributed by atoms with van der Waals surface area (Å²) >= 11 is 3.07. The van der Waals surface area contributed by atoms with E-state index in [9.17, 15) is 79.4 Å². The number of carbonyl (C=O) groups is 1. The van der Waals surface area contributed by atoms with Crippen LogP contribution in [0, 0.1) is 136 Å². The number of Topliss-reactive ketones (excluding diaryl/α,β-unsaturated/α-hetero) is 1. The summed E-state index contributed by atoms with van der Waals surface area (Å²) in [6, 6.07) is 29.2. The summed E-state index contributed by atoms with van der Waals surface area (Å²) < 4.78 is 178. The van der Waals surface area contributed by atoms with E-state index in [0.717, 1.165) is 60.7 Å². The van der Waals surface area contributed by atoms with Crippen molar-refractivity contribution in [3.63, 3.8) is 0 Å². The van der Waals surface area contributed by atoms with Gasteiger partial charge in [-0.1, -0.05) is 46.3 Å². The molecule has 6 aromatic carbocycles. The molecule has 12 rings (SSSR count). The van der Waals surface area contributed by atoms with Crippen LogP contribution < -0.4 is 0 Å². The monoisotopic (exact) mass is 1500 g/mol. The molecule has 0 unspecified atom stereocenters. The lowest BCUT2D eigenvalue weighted by Gasteiger charge is -2.50. The van der Waals surface area contributed by atoms with Crippen molar-refractivity contribution < 1.29 is 81.9 Å². The first-order valence-electron chi connectivity index (χ1n) is 32.3. The molecule has 6 aromatic rings. The Morgan fingerprint density at radius 2 is 0.794 bits per heavy atom. The van der Waals surface area contributed by atoms with Gasteiger partial charge in [0.1, 0.15) is 69.2 Å². The number of ether oxygens (including phenoxy) is 2. The second-order valence-electron chi connectivity index (χ2n) is 28.7. The molecular formula is C76H75BrF10N6O8S. The zero-order valence-electron chi connectivity index (χ0n) is 57.3. The number of aliphatic hydroxyl groups is 3. The summed E-state index contributed by atoms with van der Waals surface area (Å²) in [4.78, 5) is 10.9. The van der Waals surface area contributed by atoms with E-state index in [1.54, 1.807) is 52.0 Å². The van der Waals surface area contributed by atoms with Crippen molar-refractivity contribution in [2.45, 2.75) is 198 Å². The lowest BCUT2D eigenvalue weighted by atomic mass is 9.57. The van der Waals surface area contributed by atoms with E-state index in [-0.39, 0.29) is 144 Å². The molecule has 1 aliphatic heterocycles. The molecular weight excluding hydrogens is 1430 g/mol. The van der Waals surface area contributed by atoms with Crippen LogP contribution in [0.25, 0.3) is 0 Å². The summed E-state index contributed by atoms with van der Waals surface area (Å²) in [5.74, 6) is -6.99. The fourth-order valence-corrected chi connectivity index (χ4v) is 17.6. The molecule has 0 bridgehead atoms. The number of hydrogen-bond acceptors (Lipinski definition) is 13. The molecule has 2 atom stereocenters. The zero-order valence-corrected chi connectivity index (χ0v) is 59.7. The van der Waals surface area contributed by atoms with Crippen LogP contribution in [0.5, 0.6) is 0 Å². The van der Waals surface area contributed by atoms with E-state index in [1.165, 1.54) is 39.3 Å². The average Bonchev–Trinajstić information content (AvgIpc) is 0.747. The first-order chi connectivity index (χ1) is 47.5. The summed E-state index contributed by atoms with van der Waals surface area (Å²) in [6.07, 6.45) is 1.94. The van der Waals surface area contributed by atoms with Gasteiger partial charge < -0.3 is 24.8 Å². The predicted octanol–water partition coefficient (Wildman–Crippen LogP) is 15.3. The second-order valence-corrected chi connectivity index (χ2v) is 31.4. The van der Waals surface area contributed by atoms with Gasteiger partial charge in [0.05, 0.1) is 74.2 Å². The number of alkyl halides is 1. The Labute approximate surface area is 594 Å². The molecule has 26 heteroatoms. The maximum absolute atomic E-state index is 15.0. The highest BCUT2D eigenvalue weighted by Gasteiger charge is 2.60. The molecule has 0 amide bonds. The van der Waals surface area contributed by atoms with Gasteiger partial charge in [-0.2, -0.15) is 30.6 Å². The lowest BCUT2D eigenvalue weighted by molar-refractivity contribution is -0.269. The van der Waals surface area contributed by atoms with Crippen LogP contribution in [0.2, 0.25) is 0 Å². The third-order valence-corrected chi connectivity index (χ3v) is 23.3. The number of hydrogen-bond donors (Lipinski definition) is 3. The molecule has 0 spiro atoms. The second kappa shape index (κ2) is 29.6. The Hall–Kier alpha value is -8.07. The Balaban J connectivity index is 0.000000167. The number of methoxy groups -OCH3 is 2. The van der Waals surface area contributed by atoms with Crippen LogP contribution in [0.1, 0.15) is 171 Å². The Bertz CT molecular complexity index is 4560. The number of halogens is 11. The molecule has 14 nitrogen and oxygen atoms in total. The largest absolute Gasteiger partial charge is 0.390 e. The molecule has 102 heavy (non-hydrogen) atoms. The molecule has 0 radical (unpaired) electrons.